The number of carbonyl (C=O) groups excluding carboxylic acids is 2. The van der Waals surface area contributed by atoms with E-state index >= 15 is 0 Å². The highest BCUT2D eigenvalue weighted by molar-refractivity contribution is 5.70. The topological polar surface area (TPSA) is 72.8 Å². The van der Waals surface area contributed by atoms with Gasteiger partial charge < -0.3 is 14.6 Å². The molecule has 242 valence electrons. The van der Waals surface area contributed by atoms with Crippen molar-refractivity contribution in [2.75, 3.05) is 13.2 Å². The fourth-order valence-corrected chi connectivity index (χ4v) is 4.54. The highest BCUT2D eigenvalue weighted by Gasteiger charge is 2.16. The monoisotopic (exact) mass is 588 g/mol. The second-order valence-corrected chi connectivity index (χ2v) is 11.2. The van der Waals surface area contributed by atoms with Crippen LogP contribution < -0.4 is 0 Å². The molecule has 0 saturated heterocycles. The summed E-state index contributed by atoms with van der Waals surface area (Å²) in [6, 6.07) is 0. The summed E-state index contributed by atoms with van der Waals surface area (Å²) >= 11 is 0. The fourth-order valence-electron chi connectivity index (χ4n) is 4.54. The second kappa shape index (κ2) is 33.4. The van der Waals surface area contributed by atoms with Gasteiger partial charge in [0.15, 0.2) is 6.10 Å². The zero-order chi connectivity index (χ0) is 30.8. The number of aliphatic hydroxyl groups is 1. The van der Waals surface area contributed by atoms with E-state index in [1.54, 1.807) is 0 Å². The first-order chi connectivity index (χ1) is 20.6. The van der Waals surface area contributed by atoms with Crippen molar-refractivity contribution in [3.8, 4) is 0 Å². The van der Waals surface area contributed by atoms with Gasteiger partial charge in [0.25, 0.3) is 0 Å². The van der Waals surface area contributed by atoms with Crippen LogP contribution in [0.3, 0.4) is 0 Å². The Morgan fingerprint density at radius 2 is 1.02 bits per heavy atom. The average molecular weight is 589 g/mol. The first kappa shape index (κ1) is 39.9. The summed E-state index contributed by atoms with van der Waals surface area (Å²) in [4.78, 5) is 24.1. The number of unbranched alkanes of at least 4 members (excludes halogenated alkanes) is 14. The largest absolute Gasteiger partial charge is 0.462 e. The average Bonchev–Trinajstić information content (AvgIpc) is 2.99. The molecule has 0 aromatic rings. The summed E-state index contributed by atoms with van der Waals surface area (Å²) in [5, 5.41) is 9.50. The number of carbonyl (C=O) groups is 2. The van der Waals surface area contributed by atoms with Gasteiger partial charge in [-0.05, 0) is 51.4 Å². The molecule has 0 bridgehead atoms. The van der Waals surface area contributed by atoms with Crippen LogP contribution >= 0.6 is 0 Å². The number of ether oxygens (including phenoxy) is 2. The normalized spacial score (nSPS) is 12.7. The molecule has 0 fully saturated rings. The van der Waals surface area contributed by atoms with E-state index in [1.807, 2.05) is 0 Å². The van der Waals surface area contributed by atoms with Gasteiger partial charge in [0.1, 0.15) is 6.61 Å². The van der Waals surface area contributed by atoms with Crippen LogP contribution in [0.2, 0.25) is 0 Å². The van der Waals surface area contributed by atoms with Crippen LogP contribution in [0.5, 0.6) is 0 Å². The van der Waals surface area contributed by atoms with Crippen LogP contribution in [-0.2, 0) is 19.1 Å². The summed E-state index contributed by atoms with van der Waals surface area (Å²) < 4.78 is 10.5. The lowest BCUT2D eigenvalue weighted by atomic mass is 10.1. The van der Waals surface area contributed by atoms with Crippen LogP contribution in [0.25, 0.3) is 0 Å². The Balaban J connectivity index is 3.65. The maximum atomic E-state index is 12.1. The molecule has 0 aliphatic rings. The molecule has 1 atom stereocenters. The lowest BCUT2D eigenvalue weighted by molar-refractivity contribution is -0.161. The molecule has 0 aliphatic heterocycles. The molecule has 0 aliphatic carbocycles. The number of esters is 2. The summed E-state index contributed by atoms with van der Waals surface area (Å²) in [7, 11) is 0. The van der Waals surface area contributed by atoms with E-state index in [2.05, 4.69) is 62.5 Å². The molecular weight excluding hydrogens is 524 g/mol. The van der Waals surface area contributed by atoms with E-state index in [0.717, 1.165) is 77.0 Å². The van der Waals surface area contributed by atoms with Gasteiger partial charge in [0, 0.05) is 12.8 Å². The van der Waals surface area contributed by atoms with Crippen molar-refractivity contribution in [1.82, 2.24) is 0 Å². The maximum Gasteiger partial charge on any atom is 0.306 e. The molecule has 0 unspecified atom stereocenters. The molecule has 1 N–H and O–H groups in total. The molecule has 5 heteroatoms. The first-order valence-electron chi connectivity index (χ1n) is 17.2. The van der Waals surface area contributed by atoms with Gasteiger partial charge >= 0.3 is 11.9 Å². The SMILES string of the molecule is CC/C=C\C/C=C\C/C=C\C/C=C\CCCCCCC(=O)O[C@@H](CO)COC(=O)CCCCCCCCCCCCC. The zero-order valence-corrected chi connectivity index (χ0v) is 27.2. The van der Waals surface area contributed by atoms with Crippen LogP contribution in [0.15, 0.2) is 48.6 Å². The molecule has 0 saturated carbocycles. The predicted molar refractivity (Wildman–Crippen MR) is 177 cm³/mol. The molecular formula is C37H64O5. The minimum atomic E-state index is -0.781. The van der Waals surface area contributed by atoms with Crippen molar-refractivity contribution >= 4 is 11.9 Å². The Morgan fingerprint density at radius 1 is 0.571 bits per heavy atom. The third-order valence-electron chi connectivity index (χ3n) is 7.14. The Labute approximate surface area is 258 Å². The van der Waals surface area contributed by atoms with Crippen LogP contribution in [0, 0.1) is 0 Å². The van der Waals surface area contributed by atoms with Crippen molar-refractivity contribution in [2.45, 2.75) is 161 Å². The van der Waals surface area contributed by atoms with Crippen LogP contribution in [-0.4, -0.2) is 36.4 Å². The molecule has 5 nitrogen and oxygen atoms in total. The lowest BCUT2D eigenvalue weighted by Gasteiger charge is -2.15. The molecule has 0 aromatic heterocycles. The Morgan fingerprint density at radius 3 is 1.55 bits per heavy atom. The van der Waals surface area contributed by atoms with Crippen molar-refractivity contribution in [2.24, 2.45) is 0 Å². The summed E-state index contributed by atoms with van der Waals surface area (Å²) in [6.07, 6.45) is 40.2. The lowest BCUT2D eigenvalue weighted by Crippen LogP contribution is -2.28. The van der Waals surface area contributed by atoms with E-state index in [-0.39, 0.29) is 25.2 Å². The van der Waals surface area contributed by atoms with Crippen molar-refractivity contribution in [3.63, 3.8) is 0 Å². The Bertz CT molecular complexity index is 722. The highest BCUT2D eigenvalue weighted by atomic mass is 16.6. The van der Waals surface area contributed by atoms with E-state index < -0.39 is 6.10 Å². The van der Waals surface area contributed by atoms with Crippen molar-refractivity contribution in [3.05, 3.63) is 48.6 Å². The molecule has 0 aromatic carbocycles. The Kier molecular flexibility index (Phi) is 31.7. The number of aliphatic hydroxyl groups excluding tert-OH is 1. The molecule has 0 amide bonds. The van der Waals surface area contributed by atoms with Crippen molar-refractivity contribution in [1.29, 1.82) is 0 Å². The summed E-state index contributed by atoms with van der Waals surface area (Å²) in [5.74, 6) is -0.622. The maximum absolute atomic E-state index is 12.1. The smallest absolute Gasteiger partial charge is 0.306 e. The minimum Gasteiger partial charge on any atom is -0.462 e. The third kappa shape index (κ3) is 30.8. The number of allylic oxidation sites excluding steroid dienone is 8. The summed E-state index contributed by atoms with van der Waals surface area (Å²) in [5.41, 5.74) is 0. The fraction of sp³-hybridized carbons (Fsp3) is 0.730. The van der Waals surface area contributed by atoms with Gasteiger partial charge in [-0.25, -0.2) is 0 Å². The highest BCUT2D eigenvalue weighted by Crippen LogP contribution is 2.13. The van der Waals surface area contributed by atoms with Gasteiger partial charge in [-0.2, -0.15) is 0 Å². The number of rotatable bonds is 30. The van der Waals surface area contributed by atoms with Gasteiger partial charge in [0.2, 0.25) is 0 Å². The summed E-state index contributed by atoms with van der Waals surface area (Å²) in [6.45, 7) is 3.98. The zero-order valence-electron chi connectivity index (χ0n) is 27.2. The van der Waals surface area contributed by atoms with Gasteiger partial charge in [-0.1, -0.05) is 140 Å². The molecule has 42 heavy (non-hydrogen) atoms. The van der Waals surface area contributed by atoms with E-state index in [4.69, 9.17) is 9.47 Å². The van der Waals surface area contributed by atoms with Gasteiger partial charge in [-0.3, -0.25) is 9.59 Å². The van der Waals surface area contributed by atoms with Gasteiger partial charge in [0.05, 0.1) is 6.61 Å². The quantitative estimate of drug-likeness (QED) is 0.0513. The molecule has 0 rings (SSSR count). The van der Waals surface area contributed by atoms with Gasteiger partial charge in [-0.15, -0.1) is 0 Å². The van der Waals surface area contributed by atoms with Crippen molar-refractivity contribution < 1.29 is 24.2 Å². The minimum absolute atomic E-state index is 0.0754. The van der Waals surface area contributed by atoms with E-state index in [0.29, 0.717) is 12.8 Å². The number of hydrogen-bond acceptors (Lipinski definition) is 5. The number of hydrogen-bond donors (Lipinski definition) is 1. The second-order valence-electron chi connectivity index (χ2n) is 11.2. The molecule has 0 spiro atoms. The van der Waals surface area contributed by atoms with Crippen LogP contribution in [0.1, 0.15) is 155 Å². The molecule has 0 heterocycles. The third-order valence-corrected chi connectivity index (χ3v) is 7.14. The Hall–Kier alpha value is -2.14. The predicted octanol–water partition coefficient (Wildman–Crippen LogP) is 10.3. The molecule has 0 radical (unpaired) electrons. The first-order valence-corrected chi connectivity index (χ1v) is 17.2. The van der Waals surface area contributed by atoms with E-state index in [1.165, 1.54) is 51.4 Å². The standard InChI is InChI=1S/C37H64O5/c1-3-5-7-9-11-13-15-16-17-18-19-20-22-24-26-28-30-32-37(40)42-35(33-38)34-41-36(39)31-29-27-25-23-21-14-12-10-8-6-4-2/h5,7,11,13,16-17,19-20,35,38H,3-4,6,8-10,12,14-15,18,21-34H2,1-2H3/b7-5-,13-11-,17-16-,20-19-/t35-/m0/s1. The van der Waals surface area contributed by atoms with Crippen LogP contribution in [0.4, 0.5) is 0 Å². The van der Waals surface area contributed by atoms with E-state index in [9.17, 15) is 14.7 Å².